The standard InChI is InChI=1S/C9H7IN2O/c1-5-2-3-6(4-11)8(10)7(5)9(12)13/h2-3H,1H3,(H2,12,13). The van der Waals surface area contributed by atoms with E-state index in [9.17, 15) is 4.79 Å². The number of nitriles is 1. The Kier molecular flexibility index (Phi) is 2.88. The number of hydrogen-bond donors (Lipinski definition) is 1. The van der Waals surface area contributed by atoms with E-state index in [0.29, 0.717) is 14.7 Å². The van der Waals surface area contributed by atoms with Gasteiger partial charge < -0.3 is 5.73 Å². The number of rotatable bonds is 1. The highest BCUT2D eigenvalue weighted by Crippen LogP contribution is 2.19. The average molecular weight is 286 g/mol. The minimum atomic E-state index is -0.487. The van der Waals surface area contributed by atoms with E-state index in [-0.39, 0.29) is 0 Å². The molecule has 0 saturated heterocycles. The Hall–Kier alpha value is -1.09. The highest BCUT2D eigenvalue weighted by Gasteiger charge is 2.12. The molecule has 13 heavy (non-hydrogen) atoms. The topological polar surface area (TPSA) is 66.9 Å². The summed E-state index contributed by atoms with van der Waals surface area (Å²) < 4.78 is 0.632. The van der Waals surface area contributed by atoms with Gasteiger partial charge in [-0.15, -0.1) is 0 Å². The quantitative estimate of drug-likeness (QED) is 0.796. The van der Waals surface area contributed by atoms with Crippen LogP contribution in [0, 0.1) is 21.8 Å². The first-order valence-corrected chi connectivity index (χ1v) is 4.64. The van der Waals surface area contributed by atoms with Gasteiger partial charge in [-0.3, -0.25) is 4.79 Å². The minimum Gasteiger partial charge on any atom is -0.366 e. The van der Waals surface area contributed by atoms with Gasteiger partial charge in [0.05, 0.1) is 11.1 Å². The Morgan fingerprint density at radius 2 is 2.23 bits per heavy atom. The van der Waals surface area contributed by atoms with Gasteiger partial charge in [-0.25, -0.2) is 0 Å². The van der Waals surface area contributed by atoms with E-state index in [1.807, 2.05) is 28.7 Å². The van der Waals surface area contributed by atoms with Gasteiger partial charge in [0.1, 0.15) is 6.07 Å². The second-order valence-electron chi connectivity index (χ2n) is 2.60. The lowest BCUT2D eigenvalue weighted by Gasteiger charge is -2.05. The summed E-state index contributed by atoms with van der Waals surface area (Å²) >= 11 is 1.96. The van der Waals surface area contributed by atoms with E-state index in [4.69, 9.17) is 11.0 Å². The van der Waals surface area contributed by atoms with Crippen LogP contribution in [0.4, 0.5) is 0 Å². The molecular weight excluding hydrogens is 279 g/mol. The van der Waals surface area contributed by atoms with Crippen LogP contribution in [0.1, 0.15) is 21.5 Å². The third-order valence-electron chi connectivity index (χ3n) is 1.72. The number of benzene rings is 1. The first-order valence-electron chi connectivity index (χ1n) is 3.57. The number of carbonyl (C=O) groups is 1. The number of aryl methyl sites for hydroxylation is 1. The average Bonchev–Trinajstić information content (AvgIpc) is 2.04. The van der Waals surface area contributed by atoms with Gasteiger partial charge >= 0.3 is 0 Å². The SMILES string of the molecule is Cc1ccc(C#N)c(I)c1C(N)=O. The van der Waals surface area contributed by atoms with Gasteiger partial charge in [-0.1, -0.05) is 6.07 Å². The van der Waals surface area contributed by atoms with E-state index in [1.165, 1.54) is 0 Å². The summed E-state index contributed by atoms with van der Waals surface area (Å²) in [6.07, 6.45) is 0. The molecule has 0 aliphatic heterocycles. The van der Waals surface area contributed by atoms with Gasteiger partial charge in [-0.05, 0) is 41.1 Å². The summed E-state index contributed by atoms with van der Waals surface area (Å²) in [7, 11) is 0. The number of primary amides is 1. The molecule has 1 aromatic carbocycles. The zero-order valence-electron chi connectivity index (χ0n) is 6.97. The van der Waals surface area contributed by atoms with Crippen LogP contribution >= 0.6 is 22.6 Å². The van der Waals surface area contributed by atoms with Crippen LogP contribution in [0.2, 0.25) is 0 Å². The van der Waals surface area contributed by atoms with E-state index in [1.54, 1.807) is 19.1 Å². The molecule has 4 heteroatoms. The van der Waals surface area contributed by atoms with Gasteiger partial charge in [0.2, 0.25) is 5.91 Å². The number of nitrogens with two attached hydrogens (primary N) is 1. The van der Waals surface area contributed by atoms with Gasteiger partial charge in [0.25, 0.3) is 0 Å². The molecule has 2 N–H and O–H groups in total. The van der Waals surface area contributed by atoms with Gasteiger partial charge in [0, 0.05) is 3.57 Å². The van der Waals surface area contributed by atoms with Crippen molar-refractivity contribution in [3.8, 4) is 6.07 Å². The van der Waals surface area contributed by atoms with Crippen molar-refractivity contribution in [1.82, 2.24) is 0 Å². The molecule has 0 bridgehead atoms. The molecule has 0 aromatic heterocycles. The Bertz CT molecular complexity index is 407. The number of carbonyl (C=O) groups excluding carboxylic acids is 1. The number of nitrogens with zero attached hydrogens (tertiary/aromatic N) is 1. The molecule has 0 spiro atoms. The molecule has 1 amide bonds. The first-order chi connectivity index (χ1) is 6.07. The lowest BCUT2D eigenvalue weighted by atomic mass is 10.1. The fourth-order valence-corrected chi connectivity index (χ4v) is 2.05. The molecule has 0 aliphatic rings. The number of halogens is 1. The van der Waals surface area contributed by atoms with Crippen molar-refractivity contribution in [2.75, 3.05) is 0 Å². The lowest BCUT2D eigenvalue weighted by Crippen LogP contribution is -2.15. The highest BCUT2D eigenvalue weighted by molar-refractivity contribution is 14.1. The van der Waals surface area contributed by atoms with Crippen LogP contribution in [0.25, 0.3) is 0 Å². The van der Waals surface area contributed by atoms with Gasteiger partial charge in [0.15, 0.2) is 0 Å². The van der Waals surface area contributed by atoms with Crippen molar-refractivity contribution in [3.05, 3.63) is 32.4 Å². The smallest absolute Gasteiger partial charge is 0.250 e. The van der Waals surface area contributed by atoms with E-state index in [2.05, 4.69) is 0 Å². The molecule has 0 aliphatic carbocycles. The third-order valence-corrected chi connectivity index (χ3v) is 2.84. The predicted octanol–water partition coefficient (Wildman–Crippen LogP) is 1.57. The zero-order valence-corrected chi connectivity index (χ0v) is 9.12. The summed E-state index contributed by atoms with van der Waals surface area (Å²) in [4.78, 5) is 11.0. The summed E-state index contributed by atoms with van der Waals surface area (Å²) in [5.41, 5.74) is 6.92. The molecule has 1 rings (SSSR count). The normalized spacial score (nSPS) is 9.31. The molecule has 3 nitrogen and oxygen atoms in total. The largest absolute Gasteiger partial charge is 0.366 e. The molecule has 0 fully saturated rings. The molecule has 0 atom stereocenters. The number of hydrogen-bond acceptors (Lipinski definition) is 2. The molecule has 0 heterocycles. The van der Waals surface area contributed by atoms with Crippen molar-refractivity contribution >= 4 is 28.5 Å². The van der Waals surface area contributed by atoms with Crippen LogP contribution < -0.4 is 5.73 Å². The summed E-state index contributed by atoms with van der Waals surface area (Å²) in [5.74, 6) is -0.487. The zero-order chi connectivity index (χ0) is 10.0. The molecule has 0 radical (unpaired) electrons. The van der Waals surface area contributed by atoms with Crippen LogP contribution in [0.3, 0.4) is 0 Å². The van der Waals surface area contributed by atoms with Crippen molar-refractivity contribution in [1.29, 1.82) is 5.26 Å². The molecule has 66 valence electrons. The van der Waals surface area contributed by atoms with Crippen LogP contribution in [0.5, 0.6) is 0 Å². The van der Waals surface area contributed by atoms with Gasteiger partial charge in [-0.2, -0.15) is 5.26 Å². The van der Waals surface area contributed by atoms with Crippen molar-refractivity contribution in [2.24, 2.45) is 5.73 Å². The van der Waals surface area contributed by atoms with Crippen molar-refractivity contribution < 1.29 is 4.79 Å². The molecule has 0 unspecified atom stereocenters. The first kappa shape index (κ1) is 9.99. The highest BCUT2D eigenvalue weighted by atomic mass is 127. The second-order valence-corrected chi connectivity index (χ2v) is 3.67. The Balaban J connectivity index is 3.50. The Labute approximate surface area is 89.7 Å². The van der Waals surface area contributed by atoms with E-state index in [0.717, 1.165) is 5.56 Å². The Morgan fingerprint density at radius 1 is 1.62 bits per heavy atom. The maximum atomic E-state index is 11.0. The summed E-state index contributed by atoms with van der Waals surface area (Å²) in [5, 5.41) is 8.71. The van der Waals surface area contributed by atoms with Crippen LogP contribution in [0.15, 0.2) is 12.1 Å². The third kappa shape index (κ3) is 1.80. The summed E-state index contributed by atoms with van der Waals surface area (Å²) in [6, 6.07) is 5.41. The fourth-order valence-electron chi connectivity index (χ4n) is 1.06. The minimum absolute atomic E-state index is 0.444. The maximum Gasteiger partial charge on any atom is 0.250 e. The summed E-state index contributed by atoms with van der Waals surface area (Å²) in [6.45, 7) is 1.80. The molecule has 0 saturated carbocycles. The second kappa shape index (κ2) is 3.75. The lowest BCUT2D eigenvalue weighted by molar-refractivity contribution is 0.0999. The Morgan fingerprint density at radius 3 is 2.69 bits per heavy atom. The van der Waals surface area contributed by atoms with E-state index >= 15 is 0 Å². The van der Waals surface area contributed by atoms with Crippen molar-refractivity contribution in [2.45, 2.75) is 6.92 Å². The molecular formula is C9H7IN2O. The monoisotopic (exact) mass is 286 g/mol. The maximum absolute atomic E-state index is 11.0. The van der Waals surface area contributed by atoms with Crippen LogP contribution in [-0.2, 0) is 0 Å². The van der Waals surface area contributed by atoms with E-state index < -0.39 is 5.91 Å². The number of amides is 1. The predicted molar refractivity (Wildman–Crippen MR) is 57.1 cm³/mol. The molecule has 1 aromatic rings. The fraction of sp³-hybridized carbons (Fsp3) is 0.111. The van der Waals surface area contributed by atoms with Crippen LogP contribution in [-0.4, -0.2) is 5.91 Å². The van der Waals surface area contributed by atoms with Crippen molar-refractivity contribution in [3.63, 3.8) is 0 Å².